The average molecular weight is 1850 g/mol. The molecule has 12 heteroatoms. The van der Waals surface area contributed by atoms with Crippen LogP contribution in [0.25, 0.3) is 154 Å². The fourth-order valence-electron chi connectivity index (χ4n) is 20.2. The van der Waals surface area contributed by atoms with E-state index in [9.17, 15) is 17.6 Å². The second kappa shape index (κ2) is 37.1. The first-order chi connectivity index (χ1) is 69.4. The monoisotopic (exact) mass is 1850 g/mol. The minimum absolute atomic E-state index is 0.323. The third-order valence-electron chi connectivity index (χ3n) is 26.9. The summed E-state index contributed by atoms with van der Waals surface area (Å²) in [5.74, 6) is -2.83. The van der Waals surface area contributed by atoms with E-state index in [0.717, 1.165) is 199 Å². The zero-order chi connectivity index (χ0) is 96.3. The van der Waals surface area contributed by atoms with Crippen molar-refractivity contribution < 1.29 is 35.1 Å². The van der Waals surface area contributed by atoms with Crippen molar-refractivity contribution in [2.75, 3.05) is 19.6 Å². The Morgan fingerprint density at radius 1 is 0.141 bits per heavy atom. The van der Waals surface area contributed by atoms with Gasteiger partial charge in [-0.25, -0.2) is 35.1 Å². The number of anilines is 12. The summed E-state index contributed by atoms with van der Waals surface area (Å²) in [4.78, 5) is 8.17. The third-order valence-corrected chi connectivity index (χ3v) is 26.9. The van der Waals surface area contributed by atoms with Gasteiger partial charge in [-0.1, -0.05) is 267 Å². The van der Waals surface area contributed by atoms with Gasteiger partial charge in [-0.2, -0.15) is 0 Å². The zero-order valence-corrected chi connectivity index (χ0v) is 76.8. The molecule has 0 saturated carbocycles. The van der Waals surface area contributed by atoms with Gasteiger partial charge in [0.1, 0.15) is 46.5 Å². The van der Waals surface area contributed by atoms with Crippen molar-refractivity contribution in [1.82, 2.24) is 0 Å². The van der Waals surface area contributed by atoms with Gasteiger partial charge in [0.25, 0.3) is 0 Å². The summed E-state index contributed by atoms with van der Waals surface area (Å²) in [5, 5.41) is 11.6. The quantitative estimate of drug-likeness (QED) is 0.0557. The van der Waals surface area contributed by atoms with Gasteiger partial charge < -0.3 is 19.6 Å². The van der Waals surface area contributed by atoms with Crippen molar-refractivity contribution in [3.8, 4) is 89.0 Å². The van der Waals surface area contributed by atoms with Gasteiger partial charge in [-0.15, -0.1) is 0 Å². The van der Waals surface area contributed by atoms with Crippen molar-refractivity contribution >= 4 is 133 Å². The number of nitrogens with zero attached hydrogens (tertiary/aromatic N) is 4. The lowest BCUT2D eigenvalue weighted by Gasteiger charge is -2.30. The first-order valence-corrected chi connectivity index (χ1v) is 47.0. The maximum absolute atomic E-state index is 16.8. The Morgan fingerprint density at radius 3 is 0.599 bits per heavy atom. The Hall–Kier alpha value is -18.0. The van der Waals surface area contributed by atoms with Gasteiger partial charge in [-0.3, -0.25) is 0 Å². The number of hydrogen-bond acceptors (Lipinski definition) is 4. The number of halogens is 8. The minimum Gasteiger partial charge on any atom is -0.310 e. The van der Waals surface area contributed by atoms with E-state index in [1.807, 2.05) is 169 Å². The first-order valence-electron chi connectivity index (χ1n) is 47.0. The van der Waals surface area contributed by atoms with Crippen LogP contribution in [-0.2, 0) is 0 Å². The molecule has 0 spiro atoms. The van der Waals surface area contributed by atoms with Crippen LogP contribution in [0, 0.1) is 60.4 Å². The van der Waals surface area contributed by atoms with Crippen LogP contribution in [0.15, 0.2) is 473 Å². The molecular formula is C130H84F8N4. The van der Waals surface area contributed by atoms with Crippen molar-refractivity contribution in [2.45, 2.75) is 13.8 Å². The second-order valence-electron chi connectivity index (χ2n) is 36.0. The number of hydrogen-bond donors (Lipinski definition) is 0. The largest absolute Gasteiger partial charge is 0.310 e. The van der Waals surface area contributed by atoms with Crippen molar-refractivity contribution in [1.29, 1.82) is 0 Å². The van der Waals surface area contributed by atoms with E-state index < -0.39 is 0 Å². The molecule has 0 aliphatic rings. The highest BCUT2D eigenvalue weighted by atomic mass is 19.2. The molecule has 0 aliphatic heterocycles. The summed E-state index contributed by atoms with van der Waals surface area (Å²) in [6.45, 7) is 3.75. The van der Waals surface area contributed by atoms with Gasteiger partial charge in [0.15, 0.2) is 0 Å². The summed E-state index contributed by atoms with van der Waals surface area (Å²) >= 11 is 0. The Labute approximate surface area is 816 Å². The van der Waals surface area contributed by atoms with E-state index >= 15 is 17.6 Å². The number of benzene rings is 24. The molecule has 24 aromatic rings. The molecule has 0 radical (unpaired) electrons. The predicted molar refractivity (Wildman–Crippen MR) is 572 cm³/mol. The highest BCUT2D eigenvalue weighted by molar-refractivity contribution is 6.30. The lowest BCUT2D eigenvalue weighted by atomic mass is 9.91. The molecule has 680 valence electrons. The van der Waals surface area contributed by atoms with Crippen LogP contribution in [0.2, 0.25) is 0 Å². The summed E-state index contributed by atoms with van der Waals surface area (Å²) in [6.07, 6.45) is 0. The predicted octanol–water partition coefficient (Wildman–Crippen LogP) is 38.1. The summed E-state index contributed by atoms with van der Waals surface area (Å²) in [7, 11) is 0. The first kappa shape index (κ1) is 88.0. The molecule has 0 bridgehead atoms. The van der Waals surface area contributed by atoms with Crippen LogP contribution >= 0.6 is 0 Å². The van der Waals surface area contributed by atoms with E-state index in [0.29, 0.717) is 34.1 Å². The molecule has 24 rings (SSSR count). The molecule has 0 N–H and O–H groups in total. The summed E-state index contributed by atoms with van der Waals surface area (Å²) < 4.78 is 122. The molecular weight excluding hydrogens is 1770 g/mol. The normalized spacial score (nSPS) is 11.5. The molecule has 24 aromatic carbocycles. The molecule has 0 saturated heterocycles. The lowest BCUT2D eigenvalue weighted by molar-refractivity contribution is 0.627. The van der Waals surface area contributed by atoms with Crippen LogP contribution < -0.4 is 19.6 Å². The molecule has 142 heavy (non-hydrogen) atoms. The summed E-state index contributed by atoms with van der Waals surface area (Å²) in [5.41, 5.74) is 24.1. The Morgan fingerprint density at radius 2 is 0.359 bits per heavy atom. The Bertz CT molecular complexity index is 8380. The van der Waals surface area contributed by atoms with Gasteiger partial charge in [0.2, 0.25) is 0 Å². The molecule has 4 nitrogen and oxygen atoms in total. The van der Waals surface area contributed by atoms with E-state index in [1.54, 1.807) is 84.9 Å². The van der Waals surface area contributed by atoms with E-state index in [-0.39, 0.29) is 46.5 Å². The zero-order valence-electron chi connectivity index (χ0n) is 76.8. The third kappa shape index (κ3) is 17.0. The number of aryl methyl sites for hydroxylation is 2. The van der Waals surface area contributed by atoms with Crippen LogP contribution in [0.1, 0.15) is 11.1 Å². The van der Waals surface area contributed by atoms with Gasteiger partial charge in [0.05, 0.1) is 34.1 Å². The van der Waals surface area contributed by atoms with E-state index in [2.05, 4.69) is 192 Å². The summed E-state index contributed by atoms with van der Waals surface area (Å²) in [6, 6.07) is 149. The van der Waals surface area contributed by atoms with Crippen LogP contribution in [-0.4, -0.2) is 0 Å². The van der Waals surface area contributed by atoms with Gasteiger partial charge >= 0.3 is 0 Å². The second-order valence-corrected chi connectivity index (χ2v) is 36.0. The molecule has 0 atom stereocenters. The SMILES string of the molecule is Cc1ccc(N(c2cc(-c3ccccc3)cc(-c3ccc(F)cc3)c2)c2ccc3ccc4c(N(c5cc(-c6ccccc6)cc(-c6ccc(F)cc6)c5)c5ccc(C)cc5F)ccc5ccc2c3c54)c(F)c1.Fc1ccc(-c2cc(-c3ccccc3)cc(N(c3cccc(F)c3)c3ccc4ccc5c(N(c6cccc(F)c6)c6cc(-c7ccccc7)cc(-c7ccc(F)cc7)c6)ccc6ccc3c4c65)c2)cc1. The fourth-order valence-corrected chi connectivity index (χ4v) is 20.2. The molecule has 0 heterocycles. The molecule has 0 fully saturated rings. The molecule has 0 amide bonds. The molecule has 0 unspecified atom stereocenters. The molecule has 0 aromatic heterocycles. The van der Waals surface area contributed by atoms with Gasteiger partial charge in [-0.05, 0) is 363 Å². The van der Waals surface area contributed by atoms with Crippen molar-refractivity contribution in [3.63, 3.8) is 0 Å². The highest BCUT2D eigenvalue weighted by Crippen LogP contribution is 2.54. The maximum Gasteiger partial charge on any atom is 0.147 e. The smallest absolute Gasteiger partial charge is 0.147 e. The average Bonchev–Trinajstić information content (AvgIpc) is 0.719. The van der Waals surface area contributed by atoms with E-state index in [4.69, 9.17) is 0 Å². The van der Waals surface area contributed by atoms with Crippen LogP contribution in [0.5, 0.6) is 0 Å². The molecule has 0 aliphatic carbocycles. The Kier molecular flexibility index (Phi) is 23.0. The van der Waals surface area contributed by atoms with Crippen LogP contribution in [0.4, 0.5) is 103 Å². The Balaban J connectivity index is 0.000000158. The van der Waals surface area contributed by atoms with Gasteiger partial charge in [0, 0.05) is 55.7 Å². The lowest BCUT2D eigenvalue weighted by Crippen LogP contribution is -2.13. The fraction of sp³-hybridized carbons (Fsp3) is 0.0154. The minimum atomic E-state index is -0.384. The number of rotatable bonds is 20. The maximum atomic E-state index is 16.8. The topological polar surface area (TPSA) is 13.0 Å². The van der Waals surface area contributed by atoms with Crippen molar-refractivity contribution in [3.05, 3.63) is 531 Å². The standard InChI is InChI=1S/C66H44F4N2.C64H40F4N2/c1-41-13-29-63(59(69)33-41)71(55-37-49(43-9-5-3-6-10-43)35-51(39-55)45-15-23-53(67)24-16-45)61-31-21-47-20-28-58-62(32-22-48-19-27-57(61)65(47)66(48)58)72(64-30-14-42(2)34-60(64)70)56-38-50(44-11-7-4-8-12-44)36-52(40-56)46-17-25-54(68)26-18-46;65-51-25-17-43(18-26-51)49-33-47(41-9-3-1-4-10-41)35-57(37-49)69(55-15-7-13-53(67)39-55)61-31-23-45-22-30-60-62(32-24-46-21-29-59(61)63(45)64(46)60)70(56-16-8-14-54(68)40-56)58-36-48(42-11-5-2-6-12-42)34-50(38-58)44-19-27-52(66)28-20-44/h3-40H,1-2H3;1-40H. The van der Waals surface area contributed by atoms with Crippen molar-refractivity contribution in [2.24, 2.45) is 0 Å². The highest BCUT2D eigenvalue weighted by Gasteiger charge is 2.30. The van der Waals surface area contributed by atoms with Crippen LogP contribution in [0.3, 0.4) is 0 Å². The van der Waals surface area contributed by atoms with E-state index in [1.165, 1.54) is 60.7 Å².